The number of alkyl halides is 3. The number of hydrogen-bond acceptors (Lipinski definition) is 1. The van der Waals surface area contributed by atoms with Gasteiger partial charge >= 0.3 is 6.18 Å². The van der Waals surface area contributed by atoms with E-state index < -0.39 is 17.6 Å². The zero-order valence-electron chi connectivity index (χ0n) is 10.0. The van der Waals surface area contributed by atoms with Crippen LogP contribution >= 0.6 is 22.6 Å². The molecule has 0 amide bonds. The van der Waals surface area contributed by atoms with Gasteiger partial charge < -0.3 is 4.74 Å². The third-order valence-corrected chi connectivity index (χ3v) is 3.28. The van der Waals surface area contributed by atoms with Crippen molar-refractivity contribution in [3.05, 3.63) is 63.0 Å². The predicted molar refractivity (Wildman–Crippen MR) is 74.9 cm³/mol. The summed E-state index contributed by atoms with van der Waals surface area (Å²) >= 11 is 2.15. The normalized spacial score (nSPS) is 11.4. The Kier molecular flexibility index (Phi) is 4.52. The average Bonchev–Trinajstić information content (AvgIpc) is 2.38. The second kappa shape index (κ2) is 5.99. The summed E-state index contributed by atoms with van der Waals surface area (Å²) in [6.45, 7) is 0.125. The summed E-state index contributed by atoms with van der Waals surface area (Å²) in [7, 11) is 0. The van der Waals surface area contributed by atoms with Crippen molar-refractivity contribution in [3.63, 3.8) is 0 Å². The minimum atomic E-state index is -4.73. The highest BCUT2D eigenvalue weighted by molar-refractivity contribution is 14.1. The van der Waals surface area contributed by atoms with Gasteiger partial charge in [0, 0.05) is 3.57 Å². The number of ether oxygens (including phenoxy) is 1. The molecule has 20 heavy (non-hydrogen) atoms. The van der Waals surface area contributed by atoms with Gasteiger partial charge in [-0.3, -0.25) is 0 Å². The van der Waals surface area contributed by atoms with Crippen LogP contribution < -0.4 is 4.74 Å². The molecule has 0 aliphatic rings. The van der Waals surface area contributed by atoms with Gasteiger partial charge in [0.25, 0.3) is 0 Å². The Morgan fingerprint density at radius 3 is 2.25 bits per heavy atom. The minimum Gasteiger partial charge on any atom is -0.489 e. The van der Waals surface area contributed by atoms with E-state index in [2.05, 4.69) is 22.6 Å². The summed E-state index contributed by atoms with van der Waals surface area (Å²) in [5.41, 5.74) is -0.499. The zero-order chi connectivity index (χ0) is 14.8. The fraction of sp³-hybridized carbons (Fsp3) is 0.143. The minimum absolute atomic E-state index is 0.0164. The van der Waals surface area contributed by atoms with Gasteiger partial charge in [0.05, 0.1) is 5.56 Å². The molecule has 0 bridgehead atoms. The molecule has 0 fully saturated rings. The second-order valence-corrected chi connectivity index (χ2v) is 5.30. The molecule has 0 heterocycles. The molecule has 106 valence electrons. The molecular formula is C14H9F4IO. The first-order chi connectivity index (χ1) is 9.36. The van der Waals surface area contributed by atoms with Crippen molar-refractivity contribution in [2.24, 2.45) is 0 Å². The number of hydrogen-bond donors (Lipinski definition) is 0. The van der Waals surface area contributed by atoms with E-state index in [4.69, 9.17) is 4.74 Å². The fourth-order valence-electron chi connectivity index (χ4n) is 1.56. The lowest BCUT2D eigenvalue weighted by molar-refractivity contribution is -0.140. The maximum absolute atomic E-state index is 13.1. The molecule has 2 rings (SSSR count). The Labute approximate surface area is 126 Å². The quantitative estimate of drug-likeness (QED) is 0.523. The van der Waals surface area contributed by atoms with Gasteiger partial charge in [0.15, 0.2) is 0 Å². The van der Waals surface area contributed by atoms with E-state index in [1.807, 2.05) is 24.3 Å². The Hall–Kier alpha value is -1.31. The highest BCUT2D eigenvalue weighted by atomic mass is 127. The Morgan fingerprint density at radius 1 is 1.00 bits per heavy atom. The van der Waals surface area contributed by atoms with Crippen molar-refractivity contribution in [3.8, 4) is 5.75 Å². The van der Waals surface area contributed by atoms with E-state index in [1.54, 1.807) is 0 Å². The molecule has 0 saturated heterocycles. The molecule has 1 nitrogen and oxygen atoms in total. The molecule has 2 aromatic rings. The largest absolute Gasteiger partial charge is 0.489 e. The maximum atomic E-state index is 13.1. The predicted octanol–water partition coefficient (Wildman–Crippen LogP) is 5.03. The molecule has 0 atom stereocenters. The SMILES string of the molecule is Fc1ccc(OCc2ccc(I)cc2)cc1C(F)(F)F. The first-order valence-electron chi connectivity index (χ1n) is 5.60. The molecule has 0 radical (unpaired) electrons. The number of benzene rings is 2. The van der Waals surface area contributed by atoms with Gasteiger partial charge in [-0.1, -0.05) is 12.1 Å². The van der Waals surface area contributed by atoms with Crippen LogP contribution in [0, 0.1) is 9.39 Å². The summed E-state index contributed by atoms with van der Waals surface area (Å²) in [5, 5.41) is 0. The van der Waals surface area contributed by atoms with Crippen LogP contribution in [0.4, 0.5) is 17.6 Å². The van der Waals surface area contributed by atoms with Crippen molar-refractivity contribution in [1.82, 2.24) is 0 Å². The van der Waals surface area contributed by atoms with Crippen LogP contribution in [-0.4, -0.2) is 0 Å². The summed E-state index contributed by atoms with van der Waals surface area (Å²) in [6.07, 6.45) is -4.73. The molecule has 0 spiro atoms. The first-order valence-corrected chi connectivity index (χ1v) is 6.68. The molecule has 0 aliphatic heterocycles. The van der Waals surface area contributed by atoms with E-state index in [0.717, 1.165) is 15.2 Å². The van der Waals surface area contributed by atoms with E-state index in [1.165, 1.54) is 6.07 Å². The number of halogens is 5. The van der Waals surface area contributed by atoms with Crippen molar-refractivity contribution in [2.45, 2.75) is 12.8 Å². The van der Waals surface area contributed by atoms with Crippen molar-refractivity contribution >= 4 is 22.6 Å². The summed E-state index contributed by atoms with van der Waals surface area (Å²) in [6, 6.07) is 9.97. The van der Waals surface area contributed by atoms with Crippen LogP contribution in [0.2, 0.25) is 0 Å². The number of rotatable bonds is 3. The molecule has 0 aromatic heterocycles. The van der Waals surface area contributed by atoms with E-state index in [0.29, 0.717) is 6.07 Å². The van der Waals surface area contributed by atoms with Crippen LogP contribution in [0.5, 0.6) is 5.75 Å². The third-order valence-electron chi connectivity index (χ3n) is 2.56. The molecule has 0 N–H and O–H groups in total. The van der Waals surface area contributed by atoms with Crippen LogP contribution in [0.15, 0.2) is 42.5 Å². The summed E-state index contributed by atoms with van der Waals surface area (Å²) in [5.74, 6) is -1.32. The van der Waals surface area contributed by atoms with Crippen LogP contribution in [0.25, 0.3) is 0 Å². The Bertz CT molecular complexity index is 593. The molecule has 0 saturated carbocycles. The highest BCUT2D eigenvalue weighted by Gasteiger charge is 2.34. The third kappa shape index (κ3) is 3.84. The van der Waals surface area contributed by atoms with Crippen LogP contribution in [0.1, 0.15) is 11.1 Å². The van der Waals surface area contributed by atoms with Crippen molar-refractivity contribution in [1.29, 1.82) is 0 Å². The molecule has 6 heteroatoms. The van der Waals surface area contributed by atoms with Crippen LogP contribution in [0.3, 0.4) is 0 Å². The van der Waals surface area contributed by atoms with Gasteiger partial charge in [-0.2, -0.15) is 13.2 Å². The monoisotopic (exact) mass is 396 g/mol. The van der Waals surface area contributed by atoms with Crippen molar-refractivity contribution < 1.29 is 22.3 Å². The van der Waals surface area contributed by atoms with Gasteiger partial charge in [-0.15, -0.1) is 0 Å². The lowest BCUT2D eigenvalue weighted by Gasteiger charge is -2.11. The zero-order valence-corrected chi connectivity index (χ0v) is 12.2. The first kappa shape index (κ1) is 15.1. The van der Waals surface area contributed by atoms with E-state index in [-0.39, 0.29) is 12.4 Å². The Balaban J connectivity index is 2.12. The average molecular weight is 396 g/mol. The van der Waals surface area contributed by atoms with Crippen LogP contribution in [-0.2, 0) is 12.8 Å². The molecular weight excluding hydrogens is 387 g/mol. The lowest BCUT2D eigenvalue weighted by Crippen LogP contribution is -2.08. The Morgan fingerprint density at radius 2 is 1.65 bits per heavy atom. The van der Waals surface area contributed by atoms with Gasteiger partial charge in [0.1, 0.15) is 18.2 Å². The van der Waals surface area contributed by atoms with Gasteiger partial charge in [0.2, 0.25) is 0 Å². The molecule has 2 aromatic carbocycles. The van der Waals surface area contributed by atoms with Gasteiger partial charge in [-0.25, -0.2) is 4.39 Å². The van der Waals surface area contributed by atoms with Crippen molar-refractivity contribution in [2.75, 3.05) is 0 Å². The highest BCUT2D eigenvalue weighted by Crippen LogP contribution is 2.33. The van der Waals surface area contributed by atoms with E-state index in [9.17, 15) is 17.6 Å². The smallest absolute Gasteiger partial charge is 0.419 e. The maximum Gasteiger partial charge on any atom is 0.419 e. The topological polar surface area (TPSA) is 9.23 Å². The fourth-order valence-corrected chi connectivity index (χ4v) is 1.92. The lowest BCUT2D eigenvalue weighted by atomic mass is 10.2. The summed E-state index contributed by atoms with van der Waals surface area (Å²) in [4.78, 5) is 0. The summed E-state index contributed by atoms with van der Waals surface area (Å²) < 4.78 is 57.0. The standard InChI is InChI=1S/C14H9F4IO/c15-13-6-5-11(7-12(13)14(16,17)18)20-8-9-1-3-10(19)4-2-9/h1-7H,8H2. The molecule has 0 unspecified atom stereocenters. The molecule has 0 aliphatic carbocycles. The second-order valence-electron chi connectivity index (χ2n) is 4.05. The van der Waals surface area contributed by atoms with Gasteiger partial charge in [-0.05, 0) is 58.5 Å². The van der Waals surface area contributed by atoms with E-state index >= 15 is 0 Å².